The highest BCUT2D eigenvalue weighted by atomic mass is 32.1. The molecule has 0 aliphatic carbocycles. The lowest BCUT2D eigenvalue weighted by Gasteiger charge is -2.09. The van der Waals surface area contributed by atoms with Gasteiger partial charge in [0.25, 0.3) is 0 Å². The van der Waals surface area contributed by atoms with E-state index in [4.69, 9.17) is 5.73 Å². The van der Waals surface area contributed by atoms with E-state index in [2.05, 4.69) is 43.8 Å². The Morgan fingerprint density at radius 3 is 2.88 bits per heavy atom. The zero-order chi connectivity index (χ0) is 11.5. The number of thiophene rings is 1. The minimum absolute atomic E-state index is 0.102. The number of rotatable bonds is 4. The molecule has 1 aromatic heterocycles. The number of nitrogens with two attached hydrogens (primary N) is 1. The van der Waals surface area contributed by atoms with E-state index in [1.807, 2.05) is 0 Å². The van der Waals surface area contributed by atoms with Crippen LogP contribution in [-0.2, 0) is 0 Å². The average molecular weight is 231 g/mol. The lowest BCUT2D eigenvalue weighted by Crippen LogP contribution is -2.08. The fraction of sp³-hybridized carbons (Fsp3) is 0.286. The molecule has 1 atom stereocenters. The first-order valence-electron chi connectivity index (χ1n) is 5.61. The Morgan fingerprint density at radius 1 is 1.44 bits per heavy atom. The van der Waals surface area contributed by atoms with E-state index in [0.29, 0.717) is 0 Å². The smallest absolute Gasteiger partial charge is 0.0427 e. The lowest BCUT2D eigenvalue weighted by atomic mass is 10.0. The van der Waals surface area contributed by atoms with E-state index < -0.39 is 0 Å². The van der Waals surface area contributed by atoms with E-state index in [1.165, 1.54) is 20.5 Å². The Balaban J connectivity index is 2.23. The summed E-state index contributed by atoms with van der Waals surface area (Å²) in [6, 6.07) is 10.7. The van der Waals surface area contributed by atoms with Gasteiger partial charge >= 0.3 is 0 Å². The van der Waals surface area contributed by atoms with Gasteiger partial charge < -0.3 is 5.73 Å². The van der Waals surface area contributed by atoms with E-state index in [1.54, 1.807) is 11.3 Å². The van der Waals surface area contributed by atoms with Crippen molar-refractivity contribution in [2.75, 3.05) is 0 Å². The molecule has 0 saturated heterocycles. The molecule has 0 aliphatic rings. The van der Waals surface area contributed by atoms with Crippen molar-refractivity contribution in [3.05, 3.63) is 47.4 Å². The molecule has 84 valence electrons. The zero-order valence-corrected chi connectivity index (χ0v) is 10.4. The molecule has 2 rings (SSSR count). The molecule has 0 amide bonds. The van der Waals surface area contributed by atoms with Gasteiger partial charge in [-0.1, -0.05) is 37.3 Å². The van der Waals surface area contributed by atoms with E-state index in [-0.39, 0.29) is 6.04 Å². The summed E-state index contributed by atoms with van der Waals surface area (Å²) in [5.41, 5.74) is 7.41. The quantitative estimate of drug-likeness (QED) is 0.782. The van der Waals surface area contributed by atoms with Gasteiger partial charge in [-0.15, -0.1) is 11.3 Å². The van der Waals surface area contributed by atoms with Crippen molar-refractivity contribution in [3.63, 3.8) is 0 Å². The summed E-state index contributed by atoms with van der Waals surface area (Å²) in [5, 5.41) is 1.29. The normalized spacial score (nSPS) is 12.9. The molecule has 0 spiro atoms. The largest absolute Gasteiger partial charge is 0.323 e. The molecule has 16 heavy (non-hydrogen) atoms. The van der Waals surface area contributed by atoms with Gasteiger partial charge in [-0.3, -0.25) is 0 Å². The number of fused-ring (bicyclic) bond motifs is 1. The second kappa shape index (κ2) is 4.81. The van der Waals surface area contributed by atoms with Crippen LogP contribution in [0.3, 0.4) is 0 Å². The number of hydrogen-bond acceptors (Lipinski definition) is 2. The van der Waals surface area contributed by atoms with Crippen LogP contribution in [0, 0.1) is 0 Å². The van der Waals surface area contributed by atoms with Gasteiger partial charge in [0.2, 0.25) is 0 Å². The van der Waals surface area contributed by atoms with Crippen molar-refractivity contribution < 1.29 is 0 Å². The van der Waals surface area contributed by atoms with Crippen LogP contribution in [0.25, 0.3) is 10.1 Å². The van der Waals surface area contributed by atoms with Crippen molar-refractivity contribution in [3.8, 4) is 0 Å². The van der Waals surface area contributed by atoms with Crippen molar-refractivity contribution in [2.24, 2.45) is 5.73 Å². The van der Waals surface area contributed by atoms with Gasteiger partial charge in [0.1, 0.15) is 0 Å². The summed E-state index contributed by atoms with van der Waals surface area (Å²) in [4.78, 5) is 1.26. The minimum Gasteiger partial charge on any atom is -0.323 e. The van der Waals surface area contributed by atoms with E-state index in [9.17, 15) is 0 Å². The maximum Gasteiger partial charge on any atom is 0.0427 e. The summed E-state index contributed by atoms with van der Waals surface area (Å²) in [7, 11) is 0. The molecule has 1 aromatic carbocycles. The molecule has 1 heterocycles. The number of hydrogen-bond donors (Lipinski definition) is 1. The van der Waals surface area contributed by atoms with Crippen molar-refractivity contribution in [2.45, 2.75) is 25.8 Å². The van der Waals surface area contributed by atoms with Gasteiger partial charge in [-0.25, -0.2) is 0 Å². The maximum atomic E-state index is 6.18. The monoisotopic (exact) mass is 231 g/mol. The van der Waals surface area contributed by atoms with Crippen molar-refractivity contribution >= 4 is 21.4 Å². The predicted molar refractivity (Wildman–Crippen MR) is 72.8 cm³/mol. The lowest BCUT2D eigenvalue weighted by molar-refractivity contribution is 0.714. The molecule has 2 N–H and O–H groups in total. The fourth-order valence-electron chi connectivity index (χ4n) is 1.74. The summed E-state index contributed by atoms with van der Waals surface area (Å²) < 4.78 is 1.31. The van der Waals surface area contributed by atoms with Crippen LogP contribution in [0.1, 0.15) is 30.7 Å². The van der Waals surface area contributed by atoms with Crippen molar-refractivity contribution in [1.82, 2.24) is 0 Å². The van der Waals surface area contributed by atoms with Crippen LogP contribution in [0.15, 0.2) is 42.5 Å². The molecule has 1 unspecified atom stereocenters. The maximum absolute atomic E-state index is 6.18. The second-order valence-electron chi connectivity index (χ2n) is 4.10. The van der Waals surface area contributed by atoms with Gasteiger partial charge in [0, 0.05) is 15.6 Å². The first-order chi connectivity index (χ1) is 7.70. The first kappa shape index (κ1) is 11.4. The molecule has 0 fully saturated rings. The molecule has 0 bridgehead atoms. The molecular formula is C14H17NS. The number of benzene rings is 1. The molecule has 2 heteroatoms. The Labute approximate surface area is 101 Å². The van der Waals surface area contributed by atoms with Crippen LogP contribution < -0.4 is 5.73 Å². The Bertz CT molecular complexity index is 465. The SMILES string of the molecule is C=C(CC)CC(N)c1cc2ccccc2s1. The Hall–Kier alpha value is -1.12. The van der Waals surface area contributed by atoms with Gasteiger partial charge in [-0.05, 0) is 30.4 Å². The summed E-state index contributed by atoms with van der Waals surface area (Å²) in [5.74, 6) is 0. The third kappa shape index (κ3) is 2.34. The highest BCUT2D eigenvalue weighted by Crippen LogP contribution is 2.31. The van der Waals surface area contributed by atoms with Crippen LogP contribution in [0.2, 0.25) is 0 Å². The highest BCUT2D eigenvalue weighted by Gasteiger charge is 2.10. The minimum atomic E-state index is 0.102. The Kier molecular flexibility index (Phi) is 3.42. The topological polar surface area (TPSA) is 26.0 Å². The van der Waals surface area contributed by atoms with Crippen molar-refractivity contribution in [1.29, 1.82) is 0 Å². The molecule has 0 saturated carbocycles. The predicted octanol–water partition coefficient (Wildman–Crippen LogP) is 4.26. The summed E-state index contributed by atoms with van der Waals surface area (Å²) >= 11 is 1.79. The second-order valence-corrected chi connectivity index (χ2v) is 5.22. The van der Waals surface area contributed by atoms with Crippen LogP contribution in [0.5, 0.6) is 0 Å². The van der Waals surface area contributed by atoms with E-state index in [0.717, 1.165) is 12.8 Å². The molecular weight excluding hydrogens is 214 g/mol. The van der Waals surface area contributed by atoms with Crippen LogP contribution >= 0.6 is 11.3 Å². The summed E-state index contributed by atoms with van der Waals surface area (Å²) in [6.07, 6.45) is 1.90. The first-order valence-corrected chi connectivity index (χ1v) is 6.43. The molecule has 1 nitrogen and oxygen atoms in total. The fourth-order valence-corrected chi connectivity index (χ4v) is 2.81. The standard InChI is InChI=1S/C14H17NS/c1-3-10(2)8-12(15)14-9-11-6-4-5-7-13(11)16-14/h4-7,9,12H,2-3,8,15H2,1H3. The Morgan fingerprint density at radius 2 is 2.19 bits per heavy atom. The highest BCUT2D eigenvalue weighted by molar-refractivity contribution is 7.19. The van der Waals surface area contributed by atoms with Gasteiger partial charge in [-0.2, -0.15) is 0 Å². The third-order valence-electron chi connectivity index (χ3n) is 2.82. The average Bonchev–Trinajstić information content (AvgIpc) is 2.72. The van der Waals surface area contributed by atoms with Gasteiger partial charge in [0.15, 0.2) is 0 Å². The van der Waals surface area contributed by atoms with Gasteiger partial charge in [0.05, 0.1) is 0 Å². The molecule has 0 aliphatic heterocycles. The van der Waals surface area contributed by atoms with E-state index >= 15 is 0 Å². The third-order valence-corrected chi connectivity index (χ3v) is 4.07. The zero-order valence-electron chi connectivity index (χ0n) is 9.57. The molecule has 0 radical (unpaired) electrons. The summed E-state index contributed by atoms with van der Waals surface area (Å²) in [6.45, 7) is 6.14. The van der Waals surface area contributed by atoms with Crippen LogP contribution in [0.4, 0.5) is 0 Å². The van der Waals surface area contributed by atoms with Crippen LogP contribution in [-0.4, -0.2) is 0 Å². The molecule has 2 aromatic rings.